The normalized spacial score (nSPS) is 13.7. The molecule has 1 atom stereocenters. The van der Waals surface area contributed by atoms with E-state index >= 15 is 0 Å². The van der Waals surface area contributed by atoms with Crippen LogP contribution in [-0.4, -0.2) is 0 Å². The van der Waals surface area contributed by atoms with E-state index in [-0.39, 0.29) is 0 Å². The van der Waals surface area contributed by atoms with Crippen molar-refractivity contribution in [2.45, 2.75) is 41.0 Å². The van der Waals surface area contributed by atoms with Gasteiger partial charge in [0.05, 0.1) is 6.26 Å². The van der Waals surface area contributed by atoms with Gasteiger partial charge in [-0.2, -0.15) is 0 Å². The molecule has 0 spiro atoms. The van der Waals surface area contributed by atoms with E-state index < -0.39 is 0 Å². The Hall–Kier alpha value is -0.720. The van der Waals surface area contributed by atoms with Crippen LogP contribution < -0.4 is 0 Å². The molecule has 0 aliphatic heterocycles. The zero-order valence-electron chi connectivity index (χ0n) is 9.35. The standard InChI is InChI=1S/C12H20O/c1-8(2)9(3)6-12-11(5)10(4)7-13-12/h7-9H,6H2,1-5H3. The first kappa shape index (κ1) is 10.4. The molecule has 0 fully saturated rings. The Morgan fingerprint density at radius 1 is 1.23 bits per heavy atom. The molecule has 0 saturated carbocycles. The molecule has 0 amide bonds. The fourth-order valence-electron chi connectivity index (χ4n) is 1.29. The van der Waals surface area contributed by atoms with Crippen molar-refractivity contribution in [3.05, 3.63) is 23.2 Å². The first-order valence-electron chi connectivity index (χ1n) is 5.06. The summed E-state index contributed by atoms with van der Waals surface area (Å²) in [6.45, 7) is 11.0. The monoisotopic (exact) mass is 180 g/mol. The van der Waals surface area contributed by atoms with E-state index in [1.807, 2.05) is 6.26 Å². The molecule has 1 aromatic heterocycles. The quantitative estimate of drug-likeness (QED) is 0.690. The van der Waals surface area contributed by atoms with Gasteiger partial charge in [0.15, 0.2) is 0 Å². The summed E-state index contributed by atoms with van der Waals surface area (Å²) in [6.07, 6.45) is 2.93. The van der Waals surface area contributed by atoms with E-state index in [0.29, 0.717) is 5.92 Å². The molecule has 1 aromatic rings. The molecule has 1 heteroatoms. The summed E-state index contributed by atoms with van der Waals surface area (Å²) in [5, 5.41) is 0. The van der Waals surface area contributed by atoms with Crippen LogP contribution >= 0.6 is 0 Å². The SMILES string of the molecule is Cc1coc(CC(C)C(C)C)c1C. The first-order valence-corrected chi connectivity index (χ1v) is 5.06. The van der Waals surface area contributed by atoms with Crippen LogP contribution in [0.15, 0.2) is 10.7 Å². The van der Waals surface area contributed by atoms with Crippen LogP contribution in [-0.2, 0) is 6.42 Å². The molecule has 0 aliphatic rings. The van der Waals surface area contributed by atoms with Crippen molar-refractivity contribution < 1.29 is 4.42 Å². The Kier molecular flexibility index (Phi) is 3.18. The van der Waals surface area contributed by atoms with E-state index in [9.17, 15) is 0 Å². The second-order valence-corrected chi connectivity index (χ2v) is 4.39. The second kappa shape index (κ2) is 3.99. The lowest BCUT2D eigenvalue weighted by Gasteiger charge is -2.13. The van der Waals surface area contributed by atoms with Gasteiger partial charge in [-0.05, 0) is 36.8 Å². The highest BCUT2D eigenvalue weighted by Gasteiger charge is 2.13. The van der Waals surface area contributed by atoms with Crippen LogP contribution in [0.1, 0.15) is 37.7 Å². The van der Waals surface area contributed by atoms with E-state index in [2.05, 4.69) is 34.6 Å². The predicted molar refractivity (Wildman–Crippen MR) is 55.9 cm³/mol. The largest absolute Gasteiger partial charge is 0.469 e. The lowest BCUT2D eigenvalue weighted by Crippen LogP contribution is -2.07. The highest BCUT2D eigenvalue weighted by molar-refractivity contribution is 5.25. The molecule has 74 valence electrons. The van der Waals surface area contributed by atoms with Gasteiger partial charge in [-0.3, -0.25) is 0 Å². The van der Waals surface area contributed by atoms with Gasteiger partial charge < -0.3 is 4.42 Å². The third kappa shape index (κ3) is 2.36. The van der Waals surface area contributed by atoms with Crippen molar-refractivity contribution in [2.75, 3.05) is 0 Å². The van der Waals surface area contributed by atoms with Gasteiger partial charge in [0.25, 0.3) is 0 Å². The molecule has 1 unspecified atom stereocenters. The van der Waals surface area contributed by atoms with Crippen molar-refractivity contribution in [1.29, 1.82) is 0 Å². The smallest absolute Gasteiger partial charge is 0.107 e. The minimum absolute atomic E-state index is 0.698. The highest BCUT2D eigenvalue weighted by atomic mass is 16.3. The fraction of sp³-hybridized carbons (Fsp3) is 0.667. The average molecular weight is 180 g/mol. The third-order valence-corrected chi connectivity index (χ3v) is 3.03. The van der Waals surface area contributed by atoms with Gasteiger partial charge in [0.2, 0.25) is 0 Å². The van der Waals surface area contributed by atoms with Crippen molar-refractivity contribution in [2.24, 2.45) is 11.8 Å². The summed E-state index contributed by atoms with van der Waals surface area (Å²) in [4.78, 5) is 0. The van der Waals surface area contributed by atoms with Crippen LogP contribution in [0, 0.1) is 25.7 Å². The van der Waals surface area contributed by atoms with Crippen LogP contribution in [0.4, 0.5) is 0 Å². The predicted octanol–water partition coefficient (Wildman–Crippen LogP) is 3.73. The Balaban J connectivity index is 2.69. The molecular formula is C12H20O. The van der Waals surface area contributed by atoms with Gasteiger partial charge in [-0.25, -0.2) is 0 Å². The maximum absolute atomic E-state index is 5.52. The second-order valence-electron chi connectivity index (χ2n) is 4.39. The summed E-state index contributed by atoms with van der Waals surface area (Å²) in [7, 11) is 0. The molecule has 0 bridgehead atoms. The Morgan fingerprint density at radius 2 is 1.85 bits per heavy atom. The molecule has 0 aliphatic carbocycles. The maximum atomic E-state index is 5.52. The van der Waals surface area contributed by atoms with Crippen molar-refractivity contribution in [3.8, 4) is 0 Å². The molecule has 13 heavy (non-hydrogen) atoms. The Bertz CT molecular complexity index is 271. The van der Waals surface area contributed by atoms with E-state index in [1.165, 1.54) is 16.9 Å². The molecule has 0 radical (unpaired) electrons. The van der Waals surface area contributed by atoms with Crippen LogP contribution in [0.25, 0.3) is 0 Å². The molecule has 0 aromatic carbocycles. The number of rotatable bonds is 3. The minimum atomic E-state index is 0.698. The topological polar surface area (TPSA) is 13.1 Å². The fourth-order valence-corrected chi connectivity index (χ4v) is 1.29. The molecule has 0 N–H and O–H groups in total. The average Bonchev–Trinajstić information content (AvgIpc) is 2.36. The third-order valence-electron chi connectivity index (χ3n) is 3.03. The van der Waals surface area contributed by atoms with E-state index in [1.54, 1.807) is 0 Å². The number of hydrogen-bond acceptors (Lipinski definition) is 1. The Labute approximate surface area is 81.1 Å². The van der Waals surface area contributed by atoms with Gasteiger partial charge >= 0.3 is 0 Å². The van der Waals surface area contributed by atoms with Crippen LogP contribution in [0.5, 0.6) is 0 Å². The van der Waals surface area contributed by atoms with Crippen molar-refractivity contribution in [3.63, 3.8) is 0 Å². The molecule has 1 nitrogen and oxygen atoms in total. The maximum Gasteiger partial charge on any atom is 0.107 e. The molecule has 0 saturated heterocycles. The van der Waals surface area contributed by atoms with Crippen LogP contribution in [0.2, 0.25) is 0 Å². The van der Waals surface area contributed by atoms with Gasteiger partial charge in [-0.1, -0.05) is 20.8 Å². The van der Waals surface area contributed by atoms with Crippen LogP contribution in [0.3, 0.4) is 0 Å². The zero-order valence-corrected chi connectivity index (χ0v) is 9.35. The van der Waals surface area contributed by atoms with E-state index in [4.69, 9.17) is 4.42 Å². The van der Waals surface area contributed by atoms with Gasteiger partial charge in [0.1, 0.15) is 5.76 Å². The summed E-state index contributed by atoms with van der Waals surface area (Å²) in [5.74, 6) is 2.59. The Morgan fingerprint density at radius 3 is 2.23 bits per heavy atom. The molecular weight excluding hydrogens is 160 g/mol. The van der Waals surface area contributed by atoms with E-state index in [0.717, 1.165) is 12.3 Å². The first-order chi connectivity index (χ1) is 6.02. The highest BCUT2D eigenvalue weighted by Crippen LogP contribution is 2.22. The number of aryl methyl sites for hydroxylation is 1. The van der Waals surface area contributed by atoms with Gasteiger partial charge in [-0.15, -0.1) is 0 Å². The van der Waals surface area contributed by atoms with Crippen molar-refractivity contribution >= 4 is 0 Å². The van der Waals surface area contributed by atoms with Crippen molar-refractivity contribution in [1.82, 2.24) is 0 Å². The zero-order chi connectivity index (χ0) is 10.0. The summed E-state index contributed by atoms with van der Waals surface area (Å²) >= 11 is 0. The van der Waals surface area contributed by atoms with Gasteiger partial charge in [0, 0.05) is 6.42 Å². The molecule has 1 heterocycles. The minimum Gasteiger partial charge on any atom is -0.469 e. The summed E-state index contributed by atoms with van der Waals surface area (Å²) in [6, 6.07) is 0. The lowest BCUT2D eigenvalue weighted by atomic mass is 9.92. The lowest BCUT2D eigenvalue weighted by molar-refractivity contribution is 0.376. The number of hydrogen-bond donors (Lipinski definition) is 0. The molecule has 1 rings (SSSR count). The summed E-state index contributed by atoms with van der Waals surface area (Å²) < 4.78 is 5.52. The summed E-state index contributed by atoms with van der Waals surface area (Å²) in [5.41, 5.74) is 2.60. The number of furan rings is 1.